The Labute approximate surface area is 142 Å². The number of fused-ring (bicyclic) bond motifs is 1. The van der Waals surface area contributed by atoms with Crippen LogP contribution in [0.5, 0.6) is 0 Å². The van der Waals surface area contributed by atoms with Crippen LogP contribution in [0.4, 0.5) is 0 Å². The second-order valence-electron chi connectivity index (χ2n) is 8.03. The highest BCUT2D eigenvalue weighted by Crippen LogP contribution is 2.61. The lowest BCUT2D eigenvalue weighted by molar-refractivity contribution is -0.136. The van der Waals surface area contributed by atoms with Gasteiger partial charge in [0.15, 0.2) is 5.78 Å². The number of carboxylic acid groups (broad SMARTS) is 1. The third-order valence-corrected chi connectivity index (χ3v) is 6.82. The normalized spacial score (nSPS) is 35.9. The minimum Gasteiger partial charge on any atom is -0.478 e. The largest absolute Gasteiger partial charge is 0.478 e. The molecule has 0 aromatic carbocycles. The van der Waals surface area contributed by atoms with Gasteiger partial charge in [0.2, 0.25) is 0 Å². The topological polar surface area (TPSA) is 67.5 Å². The van der Waals surface area contributed by atoms with Gasteiger partial charge >= 0.3 is 5.97 Å². The van der Waals surface area contributed by atoms with E-state index in [0.717, 1.165) is 25.7 Å². The number of aliphatic carboxylic acids is 1. The van der Waals surface area contributed by atoms with Gasteiger partial charge in [-0.05, 0) is 49.0 Å². The molecule has 0 aliphatic heterocycles. The molecule has 2 aliphatic rings. The van der Waals surface area contributed by atoms with Gasteiger partial charge in [0.1, 0.15) is 6.26 Å². The number of rotatable bonds is 4. The van der Waals surface area contributed by atoms with Crippen molar-refractivity contribution in [2.24, 2.45) is 22.7 Å². The van der Waals surface area contributed by atoms with Crippen LogP contribution in [0.25, 0.3) is 0 Å². The molecule has 3 rings (SSSR count). The predicted octanol–water partition coefficient (Wildman–Crippen LogP) is 4.72. The van der Waals surface area contributed by atoms with Crippen molar-refractivity contribution in [2.75, 3.05) is 0 Å². The van der Waals surface area contributed by atoms with Crippen LogP contribution in [-0.4, -0.2) is 16.9 Å². The fourth-order valence-corrected chi connectivity index (χ4v) is 5.19. The molecule has 1 N–H and O–H groups in total. The lowest BCUT2D eigenvalue weighted by atomic mass is 9.46. The maximum atomic E-state index is 12.7. The van der Waals surface area contributed by atoms with Gasteiger partial charge in [-0.2, -0.15) is 0 Å². The summed E-state index contributed by atoms with van der Waals surface area (Å²) < 4.78 is 5.05. The Bertz CT molecular complexity index is 672. The minimum absolute atomic E-state index is 0.0915. The van der Waals surface area contributed by atoms with Crippen LogP contribution < -0.4 is 0 Å². The first kappa shape index (κ1) is 17.0. The quantitative estimate of drug-likeness (QED) is 0.811. The Morgan fingerprint density at radius 3 is 2.71 bits per heavy atom. The molecule has 0 bridgehead atoms. The molecule has 2 aliphatic carbocycles. The van der Waals surface area contributed by atoms with Gasteiger partial charge < -0.3 is 9.52 Å². The number of carboxylic acids is 1. The average Bonchev–Trinajstić information content (AvgIpc) is 3.05. The Morgan fingerprint density at radius 2 is 2.08 bits per heavy atom. The maximum absolute atomic E-state index is 12.7. The van der Waals surface area contributed by atoms with E-state index in [1.807, 2.05) is 6.08 Å². The fraction of sp³-hybridized carbons (Fsp3) is 0.600. The molecule has 0 saturated heterocycles. The lowest BCUT2D eigenvalue weighted by Gasteiger charge is -2.57. The van der Waals surface area contributed by atoms with Crippen LogP contribution in [0.1, 0.15) is 63.2 Å². The molecule has 1 saturated carbocycles. The van der Waals surface area contributed by atoms with Gasteiger partial charge in [0.05, 0.1) is 11.8 Å². The maximum Gasteiger partial charge on any atom is 0.331 e. The number of ketones is 1. The van der Waals surface area contributed by atoms with Gasteiger partial charge in [-0.25, -0.2) is 4.79 Å². The molecule has 4 nitrogen and oxygen atoms in total. The molecule has 1 fully saturated rings. The minimum atomic E-state index is -0.805. The molecular formula is C20H26O4. The summed E-state index contributed by atoms with van der Waals surface area (Å²) in [5.74, 6) is -0.116. The van der Waals surface area contributed by atoms with Gasteiger partial charge in [-0.1, -0.05) is 26.8 Å². The Kier molecular flexibility index (Phi) is 4.18. The number of Topliss-reactive ketones (excluding diaryl/α,β-unsaturated/α-hetero) is 1. The van der Waals surface area contributed by atoms with E-state index in [0.29, 0.717) is 23.5 Å². The second-order valence-corrected chi connectivity index (χ2v) is 8.03. The molecule has 0 radical (unpaired) electrons. The second kappa shape index (κ2) is 5.91. The summed E-state index contributed by atoms with van der Waals surface area (Å²) in [5, 5.41) is 9.66. The highest BCUT2D eigenvalue weighted by atomic mass is 16.4. The molecule has 4 heteroatoms. The smallest absolute Gasteiger partial charge is 0.331 e. The fourth-order valence-electron chi connectivity index (χ4n) is 5.19. The third kappa shape index (κ3) is 2.52. The van der Waals surface area contributed by atoms with Crippen LogP contribution in [0.15, 0.2) is 34.7 Å². The van der Waals surface area contributed by atoms with E-state index in [1.54, 1.807) is 6.07 Å². The summed E-state index contributed by atoms with van der Waals surface area (Å²) in [6.07, 6.45) is 8.93. The van der Waals surface area contributed by atoms with Crippen molar-refractivity contribution in [2.45, 2.75) is 52.9 Å². The summed E-state index contributed by atoms with van der Waals surface area (Å²) >= 11 is 0. The summed E-state index contributed by atoms with van der Waals surface area (Å²) in [4.78, 5) is 24.5. The molecule has 24 heavy (non-hydrogen) atoms. The Hall–Kier alpha value is -1.84. The van der Waals surface area contributed by atoms with E-state index in [4.69, 9.17) is 4.42 Å². The summed E-state index contributed by atoms with van der Waals surface area (Å²) in [6.45, 7) is 6.48. The van der Waals surface area contributed by atoms with Gasteiger partial charge in [-0.15, -0.1) is 0 Å². The molecule has 0 amide bonds. The summed E-state index contributed by atoms with van der Waals surface area (Å²) in [7, 11) is 0. The number of furan rings is 1. The number of allylic oxidation sites excluding steroid dienone is 1. The molecule has 1 heterocycles. The first-order valence-corrected chi connectivity index (χ1v) is 8.78. The number of carbonyl (C=O) groups is 2. The monoisotopic (exact) mass is 330 g/mol. The molecule has 1 aromatic rings. The first-order valence-electron chi connectivity index (χ1n) is 8.78. The van der Waals surface area contributed by atoms with Crippen molar-refractivity contribution in [1.82, 2.24) is 0 Å². The van der Waals surface area contributed by atoms with Gasteiger partial charge in [-0.3, -0.25) is 4.79 Å². The van der Waals surface area contributed by atoms with Crippen molar-refractivity contribution in [3.8, 4) is 0 Å². The van der Waals surface area contributed by atoms with E-state index in [2.05, 4.69) is 20.8 Å². The number of carbonyl (C=O) groups excluding carboxylic acids is 1. The zero-order chi connectivity index (χ0) is 17.5. The number of hydrogen-bond acceptors (Lipinski definition) is 3. The van der Waals surface area contributed by atoms with E-state index in [9.17, 15) is 14.7 Å². The van der Waals surface area contributed by atoms with Gasteiger partial charge in [0.25, 0.3) is 0 Å². The summed E-state index contributed by atoms with van der Waals surface area (Å²) in [6, 6.07) is 1.71. The van der Waals surface area contributed by atoms with E-state index in [-0.39, 0.29) is 22.5 Å². The number of hydrogen-bond donors (Lipinski definition) is 1. The van der Waals surface area contributed by atoms with Crippen LogP contribution in [-0.2, 0) is 4.79 Å². The highest BCUT2D eigenvalue weighted by molar-refractivity contribution is 5.96. The van der Waals surface area contributed by atoms with E-state index in [1.165, 1.54) is 12.5 Å². The third-order valence-electron chi connectivity index (χ3n) is 6.82. The van der Waals surface area contributed by atoms with Crippen LogP contribution in [0.2, 0.25) is 0 Å². The Balaban J connectivity index is 1.95. The SMILES string of the molecule is C[C@@H]1CC[C@@]2(C)C(C(=O)O)=CCC[C@@H]2[C@@]1(C)CC(=O)c1ccoc1. The zero-order valence-electron chi connectivity index (χ0n) is 14.7. The molecule has 0 unspecified atom stereocenters. The van der Waals surface area contributed by atoms with E-state index >= 15 is 0 Å². The van der Waals surface area contributed by atoms with Crippen molar-refractivity contribution in [3.63, 3.8) is 0 Å². The van der Waals surface area contributed by atoms with Gasteiger partial charge in [0, 0.05) is 17.4 Å². The van der Waals surface area contributed by atoms with Crippen molar-refractivity contribution in [3.05, 3.63) is 35.8 Å². The predicted molar refractivity (Wildman–Crippen MR) is 90.7 cm³/mol. The molecule has 1 aromatic heterocycles. The lowest BCUT2D eigenvalue weighted by Crippen LogP contribution is -2.51. The zero-order valence-corrected chi connectivity index (χ0v) is 14.7. The molecule has 4 atom stereocenters. The standard InChI is InChI=1S/C20H26O4/c1-13-7-9-19(2)15(18(22)23)5-4-6-17(19)20(13,3)11-16(21)14-8-10-24-12-14/h5,8,10,12-13,17H,4,6-7,9,11H2,1-3H3,(H,22,23)/t13-,17+,19+,20+/m1/s1. The van der Waals surface area contributed by atoms with Crippen LogP contribution in [0.3, 0.4) is 0 Å². The Morgan fingerprint density at radius 1 is 1.33 bits per heavy atom. The average molecular weight is 330 g/mol. The highest BCUT2D eigenvalue weighted by Gasteiger charge is 2.55. The molecule has 0 spiro atoms. The summed E-state index contributed by atoms with van der Waals surface area (Å²) in [5.41, 5.74) is 0.617. The first-order chi connectivity index (χ1) is 11.3. The van der Waals surface area contributed by atoms with Crippen molar-refractivity contribution < 1.29 is 19.1 Å². The molecule has 130 valence electrons. The van der Waals surface area contributed by atoms with Crippen molar-refractivity contribution >= 4 is 11.8 Å². The van der Waals surface area contributed by atoms with Crippen LogP contribution >= 0.6 is 0 Å². The van der Waals surface area contributed by atoms with E-state index < -0.39 is 5.97 Å². The molecular weight excluding hydrogens is 304 g/mol. The van der Waals surface area contributed by atoms with Crippen LogP contribution in [0, 0.1) is 22.7 Å². The van der Waals surface area contributed by atoms with Crippen molar-refractivity contribution in [1.29, 1.82) is 0 Å².